The normalized spacial score (nSPS) is 10.7. The van der Waals surface area contributed by atoms with Crippen molar-refractivity contribution in [1.82, 2.24) is 9.55 Å². The van der Waals surface area contributed by atoms with Crippen LogP contribution in [0.3, 0.4) is 0 Å². The monoisotopic (exact) mass is 282 g/mol. The van der Waals surface area contributed by atoms with Crippen LogP contribution >= 0.6 is 15.9 Å². The summed E-state index contributed by atoms with van der Waals surface area (Å²) in [6, 6.07) is 5.12. The van der Waals surface area contributed by atoms with E-state index < -0.39 is 0 Å². The van der Waals surface area contributed by atoms with Crippen LogP contribution in [0.4, 0.5) is 4.39 Å². The minimum atomic E-state index is -0.190. The van der Waals surface area contributed by atoms with Crippen molar-refractivity contribution in [3.8, 4) is 0 Å². The number of hydrogen-bond donors (Lipinski definition) is 0. The third kappa shape index (κ3) is 2.32. The van der Waals surface area contributed by atoms with Gasteiger partial charge in [0.25, 0.3) is 0 Å². The second-order valence-electron chi connectivity index (χ2n) is 3.56. The van der Waals surface area contributed by atoms with Gasteiger partial charge in [-0.15, -0.1) is 0 Å². The number of aryl methyl sites for hydroxylation is 1. The summed E-state index contributed by atoms with van der Waals surface area (Å²) in [6.45, 7) is 2.57. The Morgan fingerprint density at radius 3 is 2.94 bits per heavy atom. The van der Waals surface area contributed by atoms with Gasteiger partial charge in [-0.25, -0.2) is 9.37 Å². The molecule has 0 fully saturated rings. The molecule has 84 valence electrons. The van der Waals surface area contributed by atoms with Gasteiger partial charge in [0.2, 0.25) is 0 Å². The quantitative estimate of drug-likeness (QED) is 0.844. The van der Waals surface area contributed by atoms with Gasteiger partial charge in [-0.3, -0.25) is 0 Å². The van der Waals surface area contributed by atoms with Crippen molar-refractivity contribution in [2.45, 2.75) is 19.9 Å². The predicted octanol–water partition coefficient (Wildman–Crippen LogP) is 3.40. The van der Waals surface area contributed by atoms with Gasteiger partial charge in [-0.1, -0.05) is 28.9 Å². The average molecular weight is 283 g/mol. The predicted molar refractivity (Wildman–Crippen MR) is 64.8 cm³/mol. The zero-order chi connectivity index (χ0) is 11.5. The molecule has 0 N–H and O–H groups in total. The molecule has 0 saturated carbocycles. The minimum Gasteiger partial charge on any atom is -0.330 e. The molecular formula is C12H12BrFN2. The van der Waals surface area contributed by atoms with E-state index in [1.165, 1.54) is 6.07 Å². The molecule has 0 aliphatic rings. The molecule has 1 aromatic heterocycles. The van der Waals surface area contributed by atoms with Crippen LogP contribution in [0.15, 0.2) is 35.1 Å². The lowest BCUT2D eigenvalue weighted by molar-refractivity contribution is 0.594. The maximum atomic E-state index is 13.6. The number of rotatable bonds is 3. The highest BCUT2D eigenvalue weighted by Gasteiger charge is 2.06. The molecule has 0 atom stereocenters. The lowest BCUT2D eigenvalue weighted by Gasteiger charge is -2.07. The van der Waals surface area contributed by atoms with E-state index in [1.54, 1.807) is 12.3 Å². The van der Waals surface area contributed by atoms with E-state index >= 15 is 0 Å². The number of halogens is 2. The van der Waals surface area contributed by atoms with Gasteiger partial charge >= 0.3 is 0 Å². The highest BCUT2D eigenvalue weighted by Crippen LogP contribution is 2.16. The molecule has 1 aromatic carbocycles. The Morgan fingerprint density at radius 2 is 2.25 bits per heavy atom. The summed E-state index contributed by atoms with van der Waals surface area (Å²) in [4.78, 5) is 4.21. The second kappa shape index (κ2) is 4.78. The van der Waals surface area contributed by atoms with Crippen molar-refractivity contribution >= 4 is 15.9 Å². The first-order chi connectivity index (χ1) is 7.70. The molecule has 16 heavy (non-hydrogen) atoms. The molecule has 0 aliphatic heterocycles. The van der Waals surface area contributed by atoms with E-state index in [2.05, 4.69) is 20.9 Å². The number of aromatic nitrogens is 2. The van der Waals surface area contributed by atoms with E-state index in [0.29, 0.717) is 12.1 Å². The van der Waals surface area contributed by atoms with Crippen LogP contribution in [0.1, 0.15) is 18.3 Å². The summed E-state index contributed by atoms with van der Waals surface area (Å²) >= 11 is 3.24. The van der Waals surface area contributed by atoms with Crippen molar-refractivity contribution < 1.29 is 4.39 Å². The molecule has 0 saturated heterocycles. The number of hydrogen-bond acceptors (Lipinski definition) is 1. The van der Waals surface area contributed by atoms with E-state index in [4.69, 9.17) is 0 Å². The molecular weight excluding hydrogens is 271 g/mol. The fourth-order valence-electron chi connectivity index (χ4n) is 1.63. The van der Waals surface area contributed by atoms with E-state index in [1.807, 2.05) is 23.8 Å². The van der Waals surface area contributed by atoms with Crippen LogP contribution in [0.25, 0.3) is 0 Å². The largest absolute Gasteiger partial charge is 0.330 e. The lowest BCUT2D eigenvalue weighted by atomic mass is 10.2. The van der Waals surface area contributed by atoms with Crippen LogP contribution in [-0.2, 0) is 13.0 Å². The van der Waals surface area contributed by atoms with Crippen LogP contribution < -0.4 is 0 Å². The van der Waals surface area contributed by atoms with Crippen LogP contribution in [-0.4, -0.2) is 9.55 Å². The number of benzene rings is 1. The Labute approximate surface area is 102 Å². The summed E-state index contributed by atoms with van der Waals surface area (Å²) in [7, 11) is 0. The SMILES string of the molecule is CCc1nccn1Cc1ccc(Br)cc1F. The molecule has 0 bridgehead atoms. The standard InChI is InChI=1S/C12H12BrFN2/c1-2-12-15-5-6-16(12)8-9-3-4-10(13)7-11(9)14/h3-7H,2,8H2,1H3. The van der Waals surface area contributed by atoms with Crippen molar-refractivity contribution in [1.29, 1.82) is 0 Å². The minimum absolute atomic E-state index is 0.190. The first-order valence-corrected chi connectivity index (χ1v) is 5.94. The molecule has 4 heteroatoms. The first-order valence-electron chi connectivity index (χ1n) is 5.14. The average Bonchev–Trinajstić information content (AvgIpc) is 2.69. The van der Waals surface area contributed by atoms with Crippen molar-refractivity contribution in [3.63, 3.8) is 0 Å². The summed E-state index contributed by atoms with van der Waals surface area (Å²) in [5.74, 6) is 0.785. The lowest BCUT2D eigenvalue weighted by Crippen LogP contribution is -2.05. The van der Waals surface area contributed by atoms with Gasteiger partial charge in [0.15, 0.2) is 0 Å². The van der Waals surface area contributed by atoms with Crippen molar-refractivity contribution in [2.24, 2.45) is 0 Å². The molecule has 0 amide bonds. The smallest absolute Gasteiger partial charge is 0.129 e. The number of nitrogens with zero attached hydrogens (tertiary/aromatic N) is 2. The molecule has 0 unspecified atom stereocenters. The maximum Gasteiger partial charge on any atom is 0.129 e. The zero-order valence-electron chi connectivity index (χ0n) is 8.95. The van der Waals surface area contributed by atoms with Gasteiger partial charge in [0.05, 0.1) is 6.54 Å². The van der Waals surface area contributed by atoms with Crippen molar-refractivity contribution in [2.75, 3.05) is 0 Å². The second-order valence-corrected chi connectivity index (χ2v) is 4.48. The van der Waals surface area contributed by atoms with Crippen LogP contribution in [0, 0.1) is 5.82 Å². The summed E-state index contributed by atoms with van der Waals surface area (Å²) in [5, 5.41) is 0. The zero-order valence-corrected chi connectivity index (χ0v) is 10.5. The third-order valence-corrected chi connectivity index (χ3v) is 2.97. The highest BCUT2D eigenvalue weighted by atomic mass is 79.9. The number of imidazole rings is 1. The molecule has 0 radical (unpaired) electrons. The van der Waals surface area contributed by atoms with E-state index in [-0.39, 0.29) is 5.82 Å². The Hall–Kier alpha value is -1.16. The molecule has 0 aliphatic carbocycles. The van der Waals surface area contributed by atoms with Gasteiger partial charge < -0.3 is 4.57 Å². The Bertz CT molecular complexity index is 494. The van der Waals surface area contributed by atoms with E-state index in [0.717, 1.165) is 16.7 Å². The maximum absolute atomic E-state index is 13.6. The van der Waals surface area contributed by atoms with E-state index in [9.17, 15) is 4.39 Å². The molecule has 1 heterocycles. The Morgan fingerprint density at radius 1 is 1.44 bits per heavy atom. The highest BCUT2D eigenvalue weighted by molar-refractivity contribution is 9.10. The molecule has 2 aromatic rings. The van der Waals surface area contributed by atoms with Crippen molar-refractivity contribution in [3.05, 3.63) is 52.3 Å². The summed E-state index contributed by atoms with van der Waals surface area (Å²) in [6.07, 6.45) is 4.47. The van der Waals surface area contributed by atoms with Crippen LogP contribution in [0.2, 0.25) is 0 Å². The fourth-order valence-corrected chi connectivity index (χ4v) is 1.96. The van der Waals surface area contributed by atoms with Gasteiger partial charge in [0, 0.05) is 28.9 Å². The molecule has 0 spiro atoms. The Kier molecular flexibility index (Phi) is 3.39. The fraction of sp³-hybridized carbons (Fsp3) is 0.250. The summed E-state index contributed by atoms with van der Waals surface area (Å²) < 4.78 is 16.3. The molecule has 2 nitrogen and oxygen atoms in total. The van der Waals surface area contributed by atoms with Crippen LogP contribution in [0.5, 0.6) is 0 Å². The van der Waals surface area contributed by atoms with Gasteiger partial charge in [0.1, 0.15) is 11.6 Å². The van der Waals surface area contributed by atoms with Gasteiger partial charge in [-0.05, 0) is 12.1 Å². The molecule has 2 rings (SSSR count). The van der Waals surface area contributed by atoms with Gasteiger partial charge in [-0.2, -0.15) is 0 Å². The first kappa shape index (κ1) is 11.3. The third-order valence-electron chi connectivity index (χ3n) is 2.47. The topological polar surface area (TPSA) is 17.8 Å². The Balaban J connectivity index is 2.27. The summed E-state index contributed by atoms with van der Waals surface area (Å²) in [5.41, 5.74) is 0.677.